The van der Waals surface area contributed by atoms with Gasteiger partial charge in [-0.15, -0.1) is 0 Å². The van der Waals surface area contributed by atoms with Gasteiger partial charge in [0.25, 0.3) is 5.56 Å². The van der Waals surface area contributed by atoms with Crippen LogP contribution in [0.1, 0.15) is 39.1 Å². The first-order valence-electron chi connectivity index (χ1n) is 10.5. The molecule has 0 amide bonds. The number of aromatic nitrogens is 5. The van der Waals surface area contributed by atoms with E-state index in [1.807, 2.05) is 32.9 Å². The van der Waals surface area contributed by atoms with Gasteiger partial charge >= 0.3 is 5.69 Å². The van der Waals surface area contributed by atoms with Crippen LogP contribution < -0.4 is 16.0 Å². The van der Waals surface area contributed by atoms with Gasteiger partial charge in [0, 0.05) is 32.4 Å². The molecule has 0 saturated heterocycles. The lowest BCUT2D eigenvalue weighted by Gasteiger charge is -2.08. The Bertz CT molecular complexity index is 1190. The smallest absolute Gasteiger partial charge is 0.332 e. The van der Waals surface area contributed by atoms with Crippen molar-refractivity contribution in [3.8, 4) is 5.88 Å². The number of hydrogen-bond donors (Lipinski definition) is 0. The summed E-state index contributed by atoms with van der Waals surface area (Å²) < 4.78 is 15.5. The highest BCUT2D eigenvalue weighted by molar-refractivity contribution is 5.76. The van der Waals surface area contributed by atoms with Crippen LogP contribution in [0.25, 0.3) is 23.3 Å². The number of nitrogens with zero attached hydrogens (tertiary/aromatic N) is 5. The van der Waals surface area contributed by atoms with Gasteiger partial charge in [-0.2, -0.15) is 0 Å². The third-order valence-corrected chi connectivity index (χ3v) is 4.88. The monoisotopic (exact) mass is 427 g/mol. The fraction of sp³-hybridized carbons (Fsp3) is 0.455. The predicted molar refractivity (Wildman–Crippen MR) is 120 cm³/mol. The number of ether oxygens (including phenoxy) is 2. The van der Waals surface area contributed by atoms with Crippen molar-refractivity contribution >= 4 is 23.3 Å². The van der Waals surface area contributed by atoms with Crippen molar-refractivity contribution in [2.45, 2.75) is 46.9 Å². The van der Waals surface area contributed by atoms with Crippen molar-refractivity contribution in [2.24, 2.45) is 7.05 Å². The highest BCUT2D eigenvalue weighted by Crippen LogP contribution is 2.14. The number of rotatable bonds is 9. The van der Waals surface area contributed by atoms with E-state index < -0.39 is 0 Å². The summed E-state index contributed by atoms with van der Waals surface area (Å²) in [7, 11) is 1.77. The average Bonchev–Trinajstić information content (AvgIpc) is 3.07. The number of pyridine rings is 1. The molecule has 3 aromatic heterocycles. The van der Waals surface area contributed by atoms with Gasteiger partial charge in [0.1, 0.15) is 12.4 Å². The predicted octanol–water partition coefficient (Wildman–Crippen LogP) is 2.31. The molecule has 0 aliphatic carbocycles. The first kappa shape index (κ1) is 22.5. The molecule has 0 aromatic carbocycles. The lowest BCUT2D eigenvalue weighted by molar-refractivity contribution is 0.0542. The maximum atomic E-state index is 12.8. The average molecular weight is 428 g/mol. The van der Waals surface area contributed by atoms with E-state index in [0.29, 0.717) is 49.2 Å². The maximum Gasteiger partial charge on any atom is 0.332 e. The Morgan fingerprint density at radius 1 is 1.06 bits per heavy atom. The van der Waals surface area contributed by atoms with Gasteiger partial charge in [-0.1, -0.05) is 0 Å². The minimum atomic E-state index is -0.338. The van der Waals surface area contributed by atoms with Crippen molar-refractivity contribution in [1.82, 2.24) is 23.7 Å². The largest absolute Gasteiger partial charge is 0.475 e. The number of imidazole rings is 1. The van der Waals surface area contributed by atoms with Gasteiger partial charge in [0.15, 0.2) is 11.2 Å². The molecule has 3 heterocycles. The van der Waals surface area contributed by atoms with Crippen LogP contribution in [-0.2, 0) is 24.9 Å². The Morgan fingerprint density at radius 2 is 1.81 bits per heavy atom. The van der Waals surface area contributed by atoms with E-state index in [9.17, 15) is 9.59 Å². The number of fused-ring (bicyclic) bond motifs is 1. The van der Waals surface area contributed by atoms with Crippen LogP contribution in [0.5, 0.6) is 5.88 Å². The molecule has 9 nitrogen and oxygen atoms in total. The molecule has 0 radical (unpaired) electrons. The minimum absolute atomic E-state index is 0.170. The molecule has 0 N–H and O–H groups in total. The van der Waals surface area contributed by atoms with Crippen LogP contribution in [0.3, 0.4) is 0 Å². The molecule has 0 aliphatic rings. The van der Waals surface area contributed by atoms with Crippen LogP contribution in [0.2, 0.25) is 0 Å². The van der Waals surface area contributed by atoms with Gasteiger partial charge in [-0.25, -0.2) is 14.8 Å². The standard InChI is InChI=1S/C22H29N5O4/c1-6-26-20-19(21(28)27(7-2)22(26)29)25(5)17(24-20)10-8-16-9-11-18(23-14-16)31-13-12-30-15(3)4/h8-11,14-15H,6-7,12-13H2,1-5H3/b10-8+. The Hall–Kier alpha value is -3.20. The van der Waals surface area contributed by atoms with E-state index in [1.54, 1.807) is 36.9 Å². The molecule has 166 valence electrons. The van der Waals surface area contributed by atoms with E-state index >= 15 is 0 Å². The van der Waals surface area contributed by atoms with Crippen molar-refractivity contribution in [1.29, 1.82) is 0 Å². The normalized spacial score (nSPS) is 11.8. The molecule has 31 heavy (non-hydrogen) atoms. The number of hydrogen-bond acceptors (Lipinski definition) is 6. The Morgan fingerprint density at radius 3 is 2.42 bits per heavy atom. The van der Waals surface area contributed by atoms with E-state index in [2.05, 4.69) is 9.97 Å². The van der Waals surface area contributed by atoms with Crippen LogP contribution in [0.15, 0.2) is 27.9 Å². The SMILES string of the molecule is CCn1c(=O)c2c(nc(/C=C/c3ccc(OCCOC(C)C)nc3)n2C)n(CC)c1=O. The second kappa shape index (κ2) is 9.74. The molecular weight excluding hydrogens is 398 g/mol. The number of aryl methyl sites for hydroxylation is 2. The van der Waals surface area contributed by atoms with Gasteiger partial charge in [-0.05, 0) is 51.5 Å². The zero-order valence-corrected chi connectivity index (χ0v) is 18.7. The summed E-state index contributed by atoms with van der Waals surface area (Å²) >= 11 is 0. The van der Waals surface area contributed by atoms with E-state index in [0.717, 1.165) is 5.56 Å². The van der Waals surface area contributed by atoms with Crippen molar-refractivity contribution in [3.63, 3.8) is 0 Å². The van der Waals surface area contributed by atoms with Crippen molar-refractivity contribution in [3.05, 3.63) is 50.6 Å². The zero-order valence-electron chi connectivity index (χ0n) is 18.7. The second-order valence-corrected chi connectivity index (χ2v) is 7.31. The van der Waals surface area contributed by atoms with Crippen molar-refractivity contribution in [2.75, 3.05) is 13.2 Å². The Kier molecular flexibility index (Phi) is 7.06. The third-order valence-electron chi connectivity index (χ3n) is 4.88. The van der Waals surface area contributed by atoms with Gasteiger partial charge in [0.2, 0.25) is 5.88 Å². The van der Waals surface area contributed by atoms with Gasteiger partial charge in [-0.3, -0.25) is 13.9 Å². The van der Waals surface area contributed by atoms with Gasteiger partial charge in [0.05, 0.1) is 12.7 Å². The first-order valence-corrected chi connectivity index (χ1v) is 10.5. The molecule has 9 heteroatoms. The highest BCUT2D eigenvalue weighted by Gasteiger charge is 2.17. The maximum absolute atomic E-state index is 12.8. The van der Waals surface area contributed by atoms with E-state index in [4.69, 9.17) is 9.47 Å². The summed E-state index contributed by atoms with van der Waals surface area (Å²) in [6.07, 6.45) is 5.52. The molecule has 3 rings (SSSR count). The summed E-state index contributed by atoms with van der Waals surface area (Å²) in [5, 5.41) is 0. The van der Waals surface area contributed by atoms with Gasteiger partial charge < -0.3 is 14.0 Å². The van der Waals surface area contributed by atoms with Crippen LogP contribution >= 0.6 is 0 Å². The summed E-state index contributed by atoms with van der Waals surface area (Å²) in [5.74, 6) is 1.10. The summed E-state index contributed by atoms with van der Waals surface area (Å²) in [6.45, 7) is 9.29. The lowest BCUT2D eigenvalue weighted by Crippen LogP contribution is -2.39. The summed E-state index contributed by atoms with van der Waals surface area (Å²) in [5.41, 5.74) is 1.00. The minimum Gasteiger partial charge on any atom is -0.475 e. The van der Waals surface area contributed by atoms with E-state index in [1.165, 1.54) is 9.13 Å². The fourth-order valence-corrected chi connectivity index (χ4v) is 3.27. The first-order chi connectivity index (χ1) is 14.9. The fourth-order valence-electron chi connectivity index (χ4n) is 3.27. The zero-order chi connectivity index (χ0) is 22.5. The molecule has 0 bridgehead atoms. The molecular formula is C22H29N5O4. The Labute approximate surface area is 180 Å². The van der Waals surface area contributed by atoms with Crippen LogP contribution in [0, 0.1) is 0 Å². The van der Waals surface area contributed by atoms with E-state index in [-0.39, 0.29) is 17.4 Å². The molecule has 3 aromatic rings. The molecule has 0 unspecified atom stereocenters. The Balaban J connectivity index is 1.83. The van der Waals surface area contributed by atoms with Crippen LogP contribution in [-0.4, -0.2) is 43.0 Å². The topological polar surface area (TPSA) is 93.2 Å². The molecule has 0 spiro atoms. The molecule has 0 saturated carbocycles. The summed E-state index contributed by atoms with van der Waals surface area (Å²) in [4.78, 5) is 34.2. The quantitative estimate of drug-likeness (QED) is 0.487. The molecule has 0 aliphatic heterocycles. The summed E-state index contributed by atoms with van der Waals surface area (Å²) in [6, 6.07) is 3.68. The second-order valence-electron chi connectivity index (χ2n) is 7.31. The lowest BCUT2D eigenvalue weighted by atomic mass is 10.2. The third kappa shape index (κ3) is 4.77. The molecule has 0 fully saturated rings. The van der Waals surface area contributed by atoms with Crippen molar-refractivity contribution < 1.29 is 9.47 Å². The molecule has 0 atom stereocenters. The van der Waals surface area contributed by atoms with Crippen LogP contribution in [0.4, 0.5) is 0 Å². The highest BCUT2D eigenvalue weighted by atomic mass is 16.5.